The van der Waals surface area contributed by atoms with Crippen LogP contribution in [0.15, 0.2) is 48.5 Å². The van der Waals surface area contributed by atoms with E-state index >= 15 is 0 Å². The molecule has 2 nitrogen and oxygen atoms in total. The average molecular weight is 368 g/mol. The minimum atomic E-state index is -1.05. The van der Waals surface area contributed by atoms with Gasteiger partial charge in [0.05, 0.1) is 11.5 Å². The lowest BCUT2D eigenvalue weighted by Gasteiger charge is -2.29. The molecule has 0 amide bonds. The van der Waals surface area contributed by atoms with E-state index in [9.17, 15) is 14.0 Å². The van der Waals surface area contributed by atoms with E-state index in [0.717, 1.165) is 38.8 Å². The van der Waals surface area contributed by atoms with Gasteiger partial charge in [0.15, 0.2) is 0 Å². The van der Waals surface area contributed by atoms with Crippen molar-refractivity contribution < 1.29 is 8.78 Å². The Labute approximate surface area is 160 Å². The molecule has 0 aliphatic heterocycles. The van der Waals surface area contributed by atoms with E-state index < -0.39 is 17.0 Å². The first-order valence-corrected chi connectivity index (χ1v) is 9.65. The molecule has 4 heteroatoms. The fraction of sp³-hybridized carbons (Fsp3) is 0.435. The van der Waals surface area contributed by atoms with E-state index in [1.54, 1.807) is 0 Å². The number of halogens is 2. The predicted molar refractivity (Wildman–Crippen MR) is 103 cm³/mol. The SMILES string of the molecule is CN(CCCC(C#N)(c1c(F)cccc1F)C1CC1)CCc1ccccc1. The van der Waals surface area contributed by atoms with Gasteiger partial charge in [-0.3, -0.25) is 0 Å². The third-order valence-corrected chi connectivity index (χ3v) is 5.62. The number of likely N-dealkylation sites (N-methyl/N-ethyl adjacent to an activating group) is 1. The molecule has 1 saturated carbocycles. The smallest absolute Gasteiger partial charge is 0.130 e. The zero-order chi connectivity index (χ0) is 19.3. The molecule has 2 aromatic carbocycles. The van der Waals surface area contributed by atoms with Crippen molar-refractivity contribution in [2.45, 2.75) is 37.5 Å². The number of nitrogens with zero attached hydrogens (tertiary/aromatic N) is 2. The summed E-state index contributed by atoms with van der Waals surface area (Å²) in [6.45, 7) is 1.72. The number of benzene rings is 2. The summed E-state index contributed by atoms with van der Waals surface area (Å²) in [5.74, 6) is -1.13. The van der Waals surface area contributed by atoms with Gasteiger partial charge in [-0.25, -0.2) is 8.78 Å². The van der Waals surface area contributed by atoms with Gasteiger partial charge in [-0.1, -0.05) is 36.4 Å². The Morgan fingerprint density at radius 1 is 1.04 bits per heavy atom. The van der Waals surface area contributed by atoms with Crippen LogP contribution in [0.5, 0.6) is 0 Å². The number of hydrogen-bond acceptors (Lipinski definition) is 2. The third-order valence-electron chi connectivity index (χ3n) is 5.62. The Hall–Kier alpha value is -2.25. The Morgan fingerprint density at radius 3 is 2.30 bits per heavy atom. The summed E-state index contributed by atoms with van der Waals surface area (Å²) in [4.78, 5) is 2.22. The molecule has 1 atom stereocenters. The molecule has 1 aliphatic rings. The summed E-state index contributed by atoms with van der Waals surface area (Å²) in [5, 5.41) is 9.91. The van der Waals surface area contributed by atoms with Crippen molar-refractivity contribution in [3.8, 4) is 6.07 Å². The average Bonchev–Trinajstić information content (AvgIpc) is 3.51. The topological polar surface area (TPSA) is 27.0 Å². The van der Waals surface area contributed by atoms with E-state index in [1.165, 1.54) is 23.8 Å². The summed E-state index contributed by atoms with van der Waals surface area (Å²) >= 11 is 0. The lowest BCUT2D eigenvalue weighted by atomic mass is 9.73. The van der Waals surface area contributed by atoms with E-state index in [1.807, 2.05) is 18.2 Å². The second-order valence-electron chi connectivity index (χ2n) is 7.60. The highest BCUT2D eigenvalue weighted by atomic mass is 19.1. The van der Waals surface area contributed by atoms with Crippen LogP contribution in [0.4, 0.5) is 8.78 Å². The van der Waals surface area contributed by atoms with Crippen LogP contribution in [0.1, 0.15) is 36.8 Å². The van der Waals surface area contributed by atoms with Gasteiger partial charge in [0.2, 0.25) is 0 Å². The molecule has 0 heterocycles. The molecule has 0 spiro atoms. The van der Waals surface area contributed by atoms with Crippen molar-refractivity contribution in [3.05, 3.63) is 71.3 Å². The Morgan fingerprint density at radius 2 is 1.70 bits per heavy atom. The summed E-state index contributed by atoms with van der Waals surface area (Å²) in [7, 11) is 2.05. The minimum Gasteiger partial charge on any atom is -0.306 e. The maximum absolute atomic E-state index is 14.4. The normalized spacial score (nSPS) is 16.1. The van der Waals surface area contributed by atoms with Crippen LogP contribution in [-0.2, 0) is 11.8 Å². The van der Waals surface area contributed by atoms with E-state index in [2.05, 4.69) is 30.1 Å². The molecular weight excluding hydrogens is 342 g/mol. The first-order valence-electron chi connectivity index (χ1n) is 9.65. The number of rotatable bonds is 9. The summed E-state index contributed by atoms with van der Waals surface area (Å²) in [5.41, 5.74) is 0.222. The van der Waals surface area contributed by atoms with Gasteiger partial charge >= 0.3 is 0 Å². The molecule has 1 fully saturated rings. The van der Waals surface area contributed by atoms with Crippen molar-refractivity contribution in [2.24, 2.45) is 5.92 Å². The predicted octanol–water partition coefficient (Wildman–Crippen LogP) is 5.09. The van der Waals surface area contributed by atoms with Crippen molar-refractivity contribution in [1.82, 2.24) is 4.90 Å². The van der Waals surface area contributed by atoms with Crippen molar-refractivity contribution in [1.29, 1.82) is 5.26 Å². The van der Waals surface area contributed by atoms with Gasteiger partial charge < -0.3 is 4.90 Å². The van der Waals surface area contributed by atoms with Crippen molar-refractivity contribution in [2.75, 3.05) is 20.1 Å². The van der Waals surface area contributed by atoms with E-state index in [-0.39, 0.29) is 11.5 Å². The van der Waals surface area contributed by atoms with Crippen molar-refractivity contribution >= 4 is 0 Å². The monoisotopic (exact) mass is 368 g/mol. The Balaban J connectivity index is 1.62. The second kappa shape index (κ2) is 8.63. The molecule has 1 aliphatic carbocycles. The maximum atomic E-state index is 14.4. The molecule has 0 radical (unpaired) electrons. The summed E-state index contributed by atoms with van der Waals surface area (Å²) < 4.78 is 28.8. The molecule has 3 rings (SSSR count). The fourth-order valence-electron chi connectivity index (χ4n) is 3.94. The molecule has 0 aromatic heterocycles. The van der Waals surface area contributed by atoms with Crippen LogP contribution >= 0.6 is 0 Å². The van der Waals surface area contributed by atoms with Gasteiger partial charge in [-0.2, -0.15) is 5.26 Å². The number of hydrogen-bond donors (Lipinski definition) is 0. The third kappa shape index (κ3) is 4.54. The highest BCUT2D eigenvalue weighted by molar-refractivity contribution is 5.37. The molecule has 0 N–H and O–H groups in total. The van der Waals surface area contributed by atoms with Crippen LogP contribution in [0.3, 0.4) is 0 Å². The van der Waals surface area contributed by atoms with E-state index in [0.29, 0.717) is 6.42 Å². The Bertz CT molecular complexity index is 776. The number of nitriles is 1. The first kappa shape index (κ1) is 19.5. The second-order valence-corrected chi connectivity index (χ2v) is 7.60. The quantitative estimate of drug-likeness (QED) is 0.616. The van der Waals surface area contributed by atoms with Crippen LogP contribution in [0, 0.1) is 28.9 Å². The Kier molecular flexibility index (Phi) is 6.23. The van der Waals surface area contributed by atoms with Crippen LogP contribution < -0.4 is 0 Å². The van der Waals surface area contributed by atoms with Crippen LogP contribution in [-0.4, -0.2) is 25.0 Å². The fourth-order valence-corrected chi connectivity index (χ4v) is 3.94. The van der Waals surface area contributed by atoms with Crippen LogP contribution in [0.2, 0.25) is 0 Å². The minimum absolute atomic E-state index is 0.0260. The van der Waals surface area contributed by atoms with Gasteiger partial charge in [0, 0.05) is 12.1 Å². The van der Waals surface area contributed by atoms with Gasteiger partial charge in [0.25, 0.3) is 0 Å². The van der Waals surface area contributed by atoms with Crippen molar-refractivity contribution in [3.63, 3.8) is 0 Å². The van der Waals surface area contributed by atoms with E-state index in [4.69, 9.17) is 0 Å². The summed E-state index contributed by atoms with van der Waals surface area (Å²) in [6, 6.07) is 16.5. The zero-order valence-electron chi connectivity index (χ0n) is 15.8. The lowest BCUT2D eigenvalue weighted by Crippen LogP contribution is -2.32. The molecule has 142 valence electrons. The molecule has 0 saturated heterocycles. The maximum Gasteiger partial charge on any atom is 0.130 e. The standard InChI is InChI=1S/C23H26F2N2/c1-27(16-13-18-7-3-2-4-8-18)15-6-14-23(17-26,19-11-12-19)22-20(24)9-5-10-21(22)25/h2-5,7-10,19H,6,11-16H2,1H3. The van der Waals surface area contributed by atoms with Gasteiger partial charge in [0.1, 0.15) is 11.6 Å². The van der Waals surface area contributed by atoms with Gasteiger partial charge in [-0.05, 0) is 69.3 Å². The molecule has 27 heavy (non-hydrogen) atoms. The largest absolute Gasteiger partial charge is 0.306 e. The zero-order valence-corrected chi connectivity index (χ0v) is 15.8. The molecular formula is C23H26F2N2. The molecule has 1 unspecified atom stereocenters. The molecule has 2 aromatic rings. The first-order chi connectivity index (χ1) is 13.1. The lowest BCUT2D eigenvalue weighted by molar-refractivity contribution is 0.303. The highest BCUT2D eigenvalue weighted by Gasteiger charge is 2.49. The summed E-state index contributed by atoms with van der Waals surface area (Å²) in [6.07, 6.45) is 3.92. The van der Waals surface area contributed by atoms with Gasteiger partial charge in [-0.15, -0.1) is 0 Å². The molecule has 0 bridgehead atoms. The highest BCUT2D eigenvalue weighted by Crippen LogP contribution is 2.51. The van der Waals surface area contributed by atoms with Crippen LogP contribution in [0.25, 0.3) is 0 Å².